The second-order valence-electron chi connectivity index (χ2n) is 5.23. The van der Waals surface area contributed by atoms with Crippen molar-refractivity contribution in [2.24, 2.45) is 0 Å². The van der Waals surface area contributed by atoms with Crippen molar-refractivity contribution in [2.45, 2.75) is 26.7 Å². The summed E-state index contributed by atoms with van der Waals surface area (Å²) in [6, 6.07) is 4.56. The number of carbonyl (C=O) groups excluding carboxylic acids is 1. The highest BCUT2D eigenvalue weighted by molar-refractivity contribution is 5.99. The number of hydrogen-bond acceptors (Lipinski definition) is 6. The maximum absolute atomic E-state index is 12.1. The molecule has 1 amide bonds. The Balaban J connectivity index is 2.22. The fourth-order valence-corrected chi connectivity index (χ4v) is 2.20. The van der Waals surface area contributed by atoms with Crippen LogP contribution in [0.1, 0.15) is 37.0 Å². The Morgan fingerprint density at radius 3 is 2.62 bits per heavy atom. The number of carbonyl (C=O) groups is 1. The molecule has 128 valence electrons. The molecule has 0 unspecified atom stereocenters. The topological polar surface area (TPSA) is 105 Å². The maximum Gasteiger partial charge on any atom is 0.272 e. The first-order chi connectivity index (χ1) is 11.5. The molecular formula is C17H20N2O5. The highest BCUT2D eigenvalue weighted by atomic mass is 16.5. The van der Waals surface area contributed by atoms with E-state index in [-0.39, 0.29) is 35.0 Å². The molecule has 0 radical (unpaired) electrons. The molecule has 0 saturated carbocycles. The summed E-state index contributed by atoms with van der Waals surface area (Å²) in [5, 5.41) is 15.7. The number of benzene rings is 1. The van der Waals surface area contributed by atoms with E-state index in [9.17, 15) is 19.5 Å². The molecule has 0 atom stereocenters. The van der Waals surface area contributed by atoms with E-state index in [0.29, 0.717) is 6.54 Å². The summed E-state index contributed by atoms with van der Waals surface area (Å²) in [7, 11) is 0. The fourth-order valence-electron chi connectivity index (χ4n) is 2.20. The third-order valence-corrected chi connectivity index (χ3v) is 3.51. The van der Waals surface area contributed by atoms with Crippen molar-refractivity contribution in [3.05, 3.63) is 44.2 Å². The van der Waals surface area contributed by atoms with Crippen LogP contribution in [0, 0.1) is 0 Å². The molecule has 0 aliphatic heterocycles. The lowest BCUT2D eigenvalue weighted by molar-refractivity contribution is 0.0950. The summed E-state index contributed by atoms with van der Waals surface area (Å²) in [5.41, 5.74) is -1.18. The van der Waals surface area contributed by atoms with E-state index in [1.165, 1.54) is 12.1 Å². The Hall–Kier alpha value is -2.83. The minimum Gasteiger partial charge on any atom is -0.505 e. The fraction of sp³-hybridized carbons (Fsp3) is 0.353. The van der Waals surface area contributed by atoms with Gasteiger partial charge in [0.1, 0.15) is 5.69 Å². The molecule has 7 nitrogen and oxygen atoms in total. The number of ether oxygens (including phenoxy) is 1. The molecule has 0 aliphatic carbocycles. The molecule has 0 bridgehead atoms. The molecule has 2 rings (SSSR count). The van der Waals surface area contributed by atoms with E-state index in [4.69, 9.17) is 4.74 Å². The molecule has 0 aliphatic rings. The maximum atomic E-state index is 12.1. The highest BCUT2D eigenvalue weighted by Gasteiger charge is 2.24. The van der Waals surface area contributed by atoms with Crippen molar-refractivity contribution in [3.8, 4) is 11.5 Å². The predicted octanol–water partition coefficient (Wildman–Crippen LogP) is 1.66. The Morgan fingerprint density at radius 1 is 1.21 bits per heavy atom. The van der Waals surface area contributed by atoms with Crippen LogP contribution in [0.3, 0.4) is 0 Å². The molecular weight excluding hydrogens is 312 g/mol. The molecule has 0 spiro atoms. The van der Waals surface area contributed by atoms with Crippen LogP contribution in [0.25, 0.3) is 0 Å². The van der Waals surface area contributed by atoms with Gasteiger partial charge >= 0.3 is 0 Å². The molecule has 0 fully saturated rings. The van der Waals surface area contributed by atoms with Gasteiger partial charge in [-0.1, -0.05) is 19.4 Å². The summed E-state index contributed by atoms with van der Waals surface area (Å²) >= 11 is 0. The summed E-state index contributed by atoms with van der Waals surface area (Å²) in [5.74, 6) is -0.749. The average Bonchev–Trinajstić information content (AvgIpc) is 2.59. The van der Waals surface area contributed by atoms with Gasteiger partial charge in [0.15, 0.2) is 11.5 Å². The Bertz CT molecular complexity index is 806. The lowest BCUT2D eigenvalue weighted by atomic mass is 10.1. The van der Waals surface area contributed by atoms with Crippen LogP contribution in [0.2, 0.25) is 0 Å². The van der Waals surface area contributed by atoms with E-state index >= 15 is 0 Å². The average molecular weight is 332 g/mol. The molecule has 3 N–H and O–H groups in total. The SMILES string of the molecule is CCCCNC(=O)c1cccc(Nc2c(OCC)c(=O)c2=O)c1O. The minimum absolute atomic E-state index is 0.0132. The molecule has 0 aromatic heterocycles. The smallest absolute Gasteiger partial charge is 0.272 e. The largest absolute Gasteiger partial charge is 0.505 e. The number of rotatable bonds is 8. The van der Waals surface area contributed by atoms with Crippen LogP contribution >= 0.6 is 0 Å². The normalized spacial score (nSPS) is 10.6. The third kappa shape index (κ3) is 3.40. The first-order valence-electron chi connectivity index (χ1n) is 7.84. The Kier molecular flexibility index (Phi) is 5.57. The highest BCUT2D eigenvalue weighted by Crippen LogP contribution is 2.32. The number of phenols is 1. The lowest BCUT2D eigenvalue weighted by Gasteiger charge is -2.15. The van der Waals surface area contributed by atoms with Crippen molar-refractivity contribution in [1.82, 2.24) is 5.32 Å². The molecule has 2 aromatic rings. The second-order valence-corrected chi connectivity index (χ2v) is 5.23. The summed E-state index contributed by atoms with van der Waals surface area (Å²) in [6.45, 7) is 4.46. The number of anilines is 2. The molecule has 2 aromatic carbocycles. The van der Waals surface area contributed by atoms with Gasteiger partial charge in [0.05, 0.1) is 17.9 Å². The van der Waals surface area contributed by atoms with Crippen molar-refractivity contribution in [2.75, 3.05) is 18.5 Å². The Labute approximate surface area is 139 Å². The number of unbranched alkanes of at least 4 members (excludes halogenated alkanes) is 1. The van der Waals surface area contributed by atoms with Gasteiger partial charge in [-0.25, -0.2) is 0 Å². The van der Waals surface area contributed by atoms with Crippen LogP contribution in [0.15, 0.2) is 27.8 Å². The summed E-state index contributed by atoms with van der Waals surface area (Å²) < 4.78 is 5.11. The molecule has 24 heavy (non-hydrogen) atoms. The number of nitrogens with one attached hydrogen (secondary N) is 2. The molecule has 0 saturated heterocycles. The van der Waals surface area contributed by atoms with Crippen molar-refractivity contribution in [3.63, 3.8) is 0 Å². The van der Waals surface area contributed by atoms with Crippen LogP contribution in [0.5, 0.6) is 11.5 Å². The van der Waals surface area contributed by atoms with Crippen molar-refractivity contribution in [1.29, 1.82) is 0 Å². The van der Waals surface area contributed by atoms with Gasteiger partial charge in [-0.3, -0.25) is 14.4 Å². The standard InChI is InChI=1S/C17H20N2O5/c1-3-5-9-18-17(23)10-7-6-8-11(13(10)20)19-12-14(21)15(22)16(12)24-4-2/h6-8,19-20H,3-5,9H2,1-2H3,(H,18,23). The van der Waals surface area contributed by atoms with Gasteiger partial charge in [0, 0.05) is 6.54 Å². The van der Waals surface area contributed by atoms with E-state index in [0.717, 1.165) is 12.8 Å². The van der Waals surface area contributed by atoms with E-state index in [2.05, 4.69) is 10.6 Å². The van der Waals surface area contributed by atoms with Gasteiger partial charge in [-0.05, 0) is 25.5 Å². The monoisotopic (exact) mass is 332 g/mol. The zero-order valence-corrected chi connectivity index (χ0v) is 13.6. The van der Waals surface area contributed by atoms with Gasteiger partial charge < -0.3 is 20.5 Å². The van der Waals surface area contributed by atoms with E-state index in [1.54, 1.807) is 13.0 Å². The summed E-state index contributed by atoms with van der Waals surface area (Å²) in [4.78, 5) is 35.2. The van der Waals surface area contributed by atoms with Crippen LogP contribution in [-0.2, 0) is 0 Å². The van der Waals surface area contributed by atoms with Crippen LogP contribution < -0.4 is 26.2 Å². The third-order valence-electron chi connectivity index (χ3n) is 3.51. The van der Waals surface area contributed by atoms with Crippen molar-refractivity contribution < 1.29 is 14.6 Å². The number of aromatic hydroxyl groups is 1. The Morgan fingerprint density at radius 2 is 1.96 bits per heavy atom. The number of amides is 1. The van der Waals surface area contributed by atoms with E-state index in [1.807, 2.05) is 6.92 Å². The molecule has 7 heteroatoms. The quantitative estimate of drug-likeness (QED) is 0.386. The zero-order valence-electron chi connectivity index (χ0n) is 13.6. The second kappa shape index (κ2) is 7.63. The lowest BCUT2D eigenvalue weighted by Crippen LogP contribution is -2.35. The van der Waals surface area contributed by atoms with Crippen molar-refractivity contribution >= 4 is 17.3 Å². The number of hydrogen-bond donors (Lipinski definition) is 3. The van der Waals surface area contributed by atoms with Crippen LogP contribution in [-0.4, -0.2) is 24.2 Å². The first-order valence-corrected chi connectivity index (χ1v) is 7.84. The van der Waals surface area contributed by atoms with Gasteiger partial charge in [0.25, 0.3) is 16.8 Å². The summed E-state index contributed by atoms with van der Waals surface area (Å²) in [6.07, 6.45) is 1.78. The van der Waals surface area contributed by atoms with Gasteiger partial charge in [0.2, 0.25) is 0 Å². The zero-order chi connectivity index (χ0) is 17.7. The van der Waals surface area contributed by atoms with Crippen LogP contribution in [0.4, 0.5) is 11.4 Å². The predicted molar refractivity (Wildman–Crippen MR) is 91.2 cm³/mol. The molecule has 0 heterocycles. The van der Waals surface area contributed by atoms with E-state index < -0.39 is 16.8 Å². The van der Waals surface area contributed by atoms with Gasteiger partial charge in [-0.2, -0.15) is 0 Å². The number of phenolic OH excluding ortho intramolecular Hbond substituents is 1. The number of para-hydroxylation sites is 1. The van der Waals surface area contributed by atoms with Gasteiger partial charge in [-0.15, -0.1) is 0 Å². The first kappa shape index (κ1) is 17.5. The minimum atomic E-state index is -0.712.